The highest BCUT2D eigenvalue weighted by atomic mass is 35.5. The highest BCUT2D eigenvalue weighted by Crippen LogP contribution is 2.33. The third kappa shape index (κ3) is 2.85. The summed E-state index contributed by atoms with van der Waals surface area (Å²) in [6.07, 6.45) is 0. The molecule has 0 saturated heterocycles. The standard InChI is InChI=1S/C15H13ClF2O2/c1-19-13-5-3-9(7-11(13)17)15(16)10-4-6-14(20-2)12(18)8-10/h3-8,15H,1-2H3. The lowest BCUT2D eigenvalue weighted by atomic mass is 10.0. The summed E-state index contributed by atoms with van der Waals surface area (Å²) in [5.41, 5.74) is 1.05. The summed E-state index contributed by atoms with van der Waals surface area (Å²) in [6.45, 7) is 0. The van der Waals surface area contributed by atoms with Crippen LogP contribution in [0.4, 0.5) is 8.78 Å². The van der Waals surface area contributed by atoms with Crippen molar-refractivity contribution in [2.24, 2.45) is 0 Å². The largest absolute Gasteiger partial charge is 0.494 e. The Morgan fingerprint density at radius 2 is 1.25 bits per heavy atom. The molecule has 0 bridgehead atoms. The van der Waals surface area contributed by atoms with Gasteiger partial charge in [-0.15, -0.1) is 11.6 Å². The van der Waals surface area contributed by atoms with Crippen molar-refractivity contribution < 1.29 is 18.3 Å². The lowest BCUT2D eigenvalue weighted by Gasteiger charge is -2.13. The van der Waals surface area contributed by atoms with E-state index in [1.807, 2.05) is 0 Å². The van der Waals surface area contributed by atoms with Crippen molar-refractivity contribution in [2.75, 3.05) is 14.2 Å². The molecule has 0 fully saturated rings. The van der Waals surface area contributed by atoms with Gasteiger partial charge in [0.05, 0.1) is 19.6 Å². The zero-order chi connectivity index (χ0) is 14.7. The molecule has 0 N–H and O–H groups in total. The van der Waals surface area contributed by atoms with E-state index in [1.165, 1.54) is 38.5 Å². The zero-order valence-corrected chi connectivity index (χ0v) is 11.7. The van der Waals surface area contributed by atoms with Gasteiger partial charge in [-0.3, -0.25) is 0 Å². The zero-order valence-electron chi connectivity index (χ0n) is 11.0. The average Bonchev–Trinajstić information content (AvgIpc) is 2.46. The average molecular weight is 299 g/mol. The Morgan fingerprint density at radius 3 is 1.55 bits per heavy atom. The molecule has 0 amide bonds. The Hall–Kier alpha value is -1.81. The van der Waals surface area contributed by atoms with Gasteiger partial charge in [-0.2, -0.15) is 0 Å². The third-order valence-corrected chi connectivity index (χ3v) is 3.44. The van der Waals surface area contributed by atoms with Gasteiger partial charge in [-0.25, -0.2) is 8.78 Å². The van der Waals surface area contributed by atoms with Crippen molar-refractivity contribution in [3.05, 3.63) is 59.2 Å². The van der Waals surface area contributed by atoms with Crippen LogP contribution >= 0.6 is 11.6 Å². The molecule has 0 aliphatic carbocycles. The van der Waals surface area contributed by atoms with E-state index in [0.717, 1.165) is 0 Å². The van der Waals surface area contributed by atoms with Gasteiger partial charge in [0.2, 0.25) is 0 Å². The van der Waals surface area contributed by atoms with Gasteiger partial charge in [0.15, 0.2) is 23.1 Å². The Labute approximate surface area is 120 Å². The molecule has 0 atom stereocenters. The van der Waals surface area contributed by atoms with Gasteiger partial charge in [0.1, 0.15) is 0 Å². The lowest BCUT2D eigenvalue weighted by molar-refractivity contribution is 0.385. The maximum atomic E-state index is 13.6. The summed E-state index contributed by atoms with van der Waals surface area (Å²) < 4.78 is 37.0. The normalized spacial score (nSPS) is 10.7. The molecule has 2 nitrogen and oxygen atoms in total. The third-order valence-electron chi connectivity index (χ3n) is 2.94. The monoisotopic (exact) mass is 298 g/mol. The molecule has 2 aromatic carbocycles. The van der Waals surface area contributed by atoms with Crippen LogP contribution in [0.3, 0.4) is 0 Å². The van der Waals surface area contributed by atoms with Crippen molar-refractivity contribution in [2.45, 2.75) is 5.38 Å². The smallest absolute Gasteiger partial charge is 0.165 e. The lowest BCUT2D eigenvalue weighted by Crippen LogP contribution is -1.98. The Kier molecular flexibility index (Phi) is 4.45. The summed E-state index contributed by atoms with van der Waals surface area (Å²) in [5.74, 6) is -0.744. The molecule has 0 aliphatic rings. The predicted octanol–water partition coefficient (Wildman–Crippen LogP) is 4.31. The van der Waals surface area contributed by atoms with Gasteiger partial charge < -0.3 is 9.47 Å². The summed E-state index contributed by atoms with van der Waals surface area (Å²) >= 11 is 6.25. The first-order valence-corrected chi connectivity index (χ1v) is 6.31. The van der Waals surface area contributed by atoms with E-state index in [2.05, 4.69) is 0 Å². The van der Waals surface area contributed by atoms with Crippen molar-refractivity contribution in [3.8, 4) is 11.5 Å². The highest BCUT2D eigenvalue weighted by Gasteiger charge is 2.15. The summed E-state index contributed by atoms with van der Waals surface area (Å²) in [7, 11) is 2.77. The summed E-state index contributed by atoms with van der Waals surface area (Å²) in [6, 6.07) is 8.81. The second kappa shape index (κ2) is 6.09. The second-order valence-electron chi connectivity index (χ2n) is 4.15. The molecule has 20 heavy (non-hydrogen) atoms. The number of ether oxygens (including phenoxy) is 2. The first-order chi connectivity index (χ1) is 9.56. The van der Waals surface area contributed by atoms with Crippen LogP contribution in [-0.2, 0) is 0 Å². The molecule has 0 spiro atoms. The molecule has 2 rings (SSSR count). The van der Waals surface area contributed by atoms with Crippen LogP contribution < -0.4 is 9.47 Å². The van der Waals surface area contributed by atoms with Gasteiger partial charge in [-0.1, -0.05) is 12.1 Å². The van der Waals surface area contributed by atoms with E-state index < -0.39 is 17.0 Å². The number of halogens is 3. The fourth-order valence-electron chi connectivity index (χ4n) is 1.87. The SMILES string of the molecule is COc1ccc(C(Cl)c2ccc(OC)c(F)c2)cc1F. The molecule has 0 heterocycles. The maximum absolute atomic E-state index is 13.6. The minimum atomic E-state index is -0.657. The first-order valence-electron chi connectivity index (χ1n) is 5.87. The van der Waals surface area contributed by atoms with E-state index >= 15 is 0 Å². The van der Waals surface area contributed by atoms with Gasteiger partial charge in [-0.05, 0) is 35.4 Å². The van der Waals surface area contributed by atoms with E-state index in [1.54, 1.807) is 12.1 Å². The van der Waals surface area contributed by atoms with Gasteiger partial charge >= 0.3 is 0 Å². The van der Waals surface area contributed by atoms with Crippen LogP contribution in [0.5, 0.6) is 11.5 Å². The van der Waals surface area contributed by atoms with Crippen LogP contribution in [0.1, 0.15) is 16.5 Å². The van der Waals surface area contributed by atoms with E-state index in [4.69, 9.17) is 21.1 Å². The second-order valence-corrected chi connectivity index (χ2v) is 4.59. The summed E-state index contributed by atoms with van der Waals surface area (Å²) in [5, 5.41) is -0.657. The molecule has 0 unspecified atom stereocenters. The molecule has 5 heteroatoms. The van der Waals surface area contributed by atoms with Crippen molar-refractivity contribution >= 4 is 11.6 Å². The molecule has 0 saturated carbocycles. The molecule has 0 aliphatic heterocycles. The maximum Gasteiger partial charge on any atom is 0.165 e. The Balaban J connectivity index is 2.33. The highest BCUT2D eigenvalue weighted by molar-refractivity contribution is 6.22. The van der Waals surface area contributed by atoms with Crippen molar-refractivity contribution in [1.82, 2.24) is 0 Å². The minimum Gasteiger partial charge on any atom is -0.494 e. The number of hydrogen-bond donors (Lipinski definition) is 0. The van der Waals surface area contributed by atoms with Crippen molar-refractivity contribution in [1.29, 1.82) is 0 Å². The van der Waals surface area contributed by atoms with E-state index in [9.17, 15) is 8.78 Å². The Bertz CT molecular complexity index is 563. The molecular weight excluding hydrogens is 286 g/mol. The minimum absolute atomic E-state index is 0.138. The number of rotatable bonds is 4. The van der Waals surface area contributed by atoms with Crippen LogP contribution in [0.25, 0.3) is 0 Å². The number of benzene rings is 2. The number of hydrogen-bond acceptors (Lipinski definition) is 2. The first kappa shape index (κ1) is 14.6. The van der Waals surface area contributed by atoms with Gasteiger partial charge in [0.25, 0.3) is 0 Å². The molecular formula is C15H13ClF2O2. The van der Waals surface area contributed by atoms with Crippen LogP contribution in [-0.4, -0.2) is 14.2 Å². The Morgan fingerprint density at radius 1 is 0.850 bits per heavy atom. The summed E-state index contributed by atoms with van der Waals surface area (Å²) in [4.78, 5) is 0. The number of methoxy groups -OCH3 is 2. The fraction of sp³-hybridized carbons (Fsp3) is 0.200. The topological polar surface area (TPSA) is 18.5 Å². The van der Waals surface area contributed by atoms with Crippen LogP contribution in [0.15, 0.2) is 36.4 Å². The van der Waals surface area contributed by atoms with Crippen molar-refractivity contribution in [3.63, 3.8) is 0 Å². The van der Waals surface area contributed by atoms with Gasteiger partial charge in [0, 0.05) is 0 Å². The van der Waals surface area contributed by atoms with E-state index in [0.29, 0.717) is 11.1 Å². The van der Waals surface area contributed by atoms with Crippen LogP contribution in [0, 0.1) is 11.6 Å². The molecule has 0 radical (unpaired) electrons. The van der Waals surface area contributed by atoms with Crippen LogP contribution in [0.2, 0.25) is 0 Å². The van der Waals surface area contributed by atoms with E-state index in [-0.39, 0.29) is 11.5 Å². The quantitative estimate of drug-likeness (QED) is 0.783. The molecule has 0 aromatic heterocycles. The number of alkyl halides is 1. The molecule has 2 aromatic rings. The fourth-order valence-corrected chi connectivity index (χ4v) is 2.14. The predicted molar refractivity (Wildman–Crippen MR) is 73.6 cm³/mol. The molecule has 106 valence electrons.